The van der Waals surface area contributed by atoms with E-state index in [2.05, 4.69) is 35.6 Å². The Morgan fingerprint density at radius 3 is 2.67 bits per heavy atom. The topological polar surface area (TPSA) is 46.6 Å². The van der Waals surface area contributed by atoms with Crippen molar-refractivity contribution in [1.82, 2.24) is 0 Å². The summed E-state index contributed by atoms with van der Waals surface area (Å²) < 4.78 is 32.2. The minimum Gasteiger partial charge on any atom is -0.360 e. The Labute approximate surface area is 140 Å². The van der Waals surface area contributed by atoms with E-state index in [-0.39, 0.29) is 12.5 Å². The van der Waals surface area contributed by atoms with Gasteiger partial charge in [0.15, 0.2) is 0 Å². The van der Waals surface area contributed by atoms with Crippen LogP contribution in [0.25, 0.3) is 0 Å². The van der Waals surface area contributed by atoms with Gasteiger partial charge in [-0.25, -0.2) is 12.7 Å². The van der Waals surface area contributed by atoms with Crippen LogP contribution in [0.5, 0.6) is 0 Å². The first-order valence-electron chi connectivity index (χ1n) is 6.67. The fourth-order valence-electron chi connectivity index (χ4n) is 2.06. The molecule has 0 saturated carbocycles. The van der Waals surface area contributed by atoms with Gasteiger partial charge in [-0.1, -0.05) is 47.2 Å². The number of hydrogen-bond donors (Lipinski definition) is 0. The van der Waals surface area contributed by atoms with Crippen LogP contribution in [0, 0.1) is 0 Å². The smallest absolute Gasteiger partial charge is 0.241 e. The van der Waals surface area contributed by atoms with Gasteiger partial charge in [-0.05, 0) is 18.2 Å². The van der Waals surface area contributed by atoms with E-state index in [1.807, 2.05) is 0 Å². The SMILES string of the molecule is C[Si](C)(C)CCOCN1c2c(Cl)ccc(Br)c2CS1(=O)=O. The molecule has 21 heavy (non-hydrogen) atoms. The standard InChI is InChI=1S/C13H19BrClNO3SSi/c1-21(2,3)7-6-19-9-16-13-10(8-20(16,17)18)11(14)4-5-12(13)15/h4-5H,6-9H2,1-3H3. The first kappa shape index (κ1) is 17.3. The van der Waals surface area contributed by atoms with Crippen molar-refractivity contribution in [3.63, 3.8) is 0 Å². The Morgan fingerprint density at radius 1 is 1.38 bits per heavy atom. The Balaban J connectivity index is 2.15. The maximum Gasteiger partial charge on any atom is 0.241 e. The maximum absolute atomic E-state index is 12.3. The molecule has 0 radical (unpaired) electrons. The summed E-state index contributed by atoms with van der Waals surface area (Å²) in [5, 5.41) is 0.433. The van der Waals surface area contributed by atoms with Crippen molar-refractivity contribution in [2.75, 3.05) is 17.6 Å². The average molecular weight is 413 g/mol. The zero-order valence-corrected chi connectivity index (χ0v) is 16.5. The first-order chi connectivity index (χ1) is 9.62. The van der Waals surface area contributed by atoms with E-state index in [1.165, 1.54) is 4.31 Å². The molecule has 1 aromatic carbocycles. The van der Waals surface area contributed by atoms with Gasteiger partial charge in [0.05, 0.1) is 16.5 Å². The van der Waals surface area contributed by atoms with Crippen LogP contribution < -0.4 is 4.31 Å². The molecule has 1 aromatic rings. The molecule has 0 fully saturated rings. The Morgan fingerprint density at radius 2 is 2.05 bits per heavy atom. The molecular weight excluding hydrogens is 394 g/mol. The third-order valence-corrected chi connectivity index (χ3v) is 7.66. The molecule has 0 atom stereocenters. The van der Waals surface area contributed by atoms with E-state index in [4.69, 9.17) is 16.3 Å². The van der Waals surface area contributed by atoms with E-state index in [1.54, 1.807) is 12.1 Å². The summed E-state index contributed by atoms with van der Waals surface area (Å²) in [6, 6.07) is 4.46. The lowest BCUT2D eigenvalue weighted by Crippen LogP contribution is -2.31. The van der Waals surface area contributed by atoms with E-state index in [0.29, 0.717) is 22.9 Å². The lowest BCUT2D eigenvalue weighted by Gasteiger charge is -2.21. The van der Waals surface area contributed by atoms with Gasteiger partial charge in [0.2, 0.25) is 10.0 Å². The van der Waals surface area contributed by atoms with E-state index in [9.17, 15) is 8.42 Å². The molecule has 0 spiro atoms. The highest BCUT2D eigenvalue weighted by atomic mass is 79.9. The summed E-state index contributed by atoms with van der Waals surface area (Å²) in [7, 11) is -4.59. The summed E-state index contributed by atoms with van der Waals surface area (Å²) in [6.07, 6.45) is 0. The number of fused-ring (bicyclic) bond motifs is 1. The van der Waals surface area contributed by atoms with Crippen LogP contribution in [0.3, 0.4) is 0 Å². The summed E-state index contributed by atoms with van der Waals surface area (Å²) in [6.45, 7) is 7.36. The first-order valence-corrected chi connectivity index (χ1v) is 13.2. The summed E-state index contributed by atoms with van der Waals surface area (Å²) in [4.78, 5) is 0. The van der Waals surface area contributed by atoms with Crippen LogP contribution in [-0.2, 0) is 20.5 Å². The maximum atomic E-state index is 12.3. The molecule has 2 rings (SSSR count). The van der Waals surface area contributed by atoms with Gasteiger partial charge >= 0.3 is 0 Å². The highest BCUT2D eigenvalue weighted by Gasteiger charge is 2.36. The minimum absolute atomic E-state index is 0.0238. The van der Waals surface area contributed by atoms with Gasteiger partial charge in [-0.15, -0.1) is 0 Å². The predicted octanol–water partition coefficient (Wildman–Crippen LogP) is 4.06. The Bertz CT molecular complexity index is 646. The Hall–Kier alpha value is -0.0831. The van der Waals surface area contributed by atoms with Crippen molar-refractivity contribution in [1.29, 1.82) is 0 Å². The van der Waals surface area contributed by atoms with Crippen molar-refractivity contribution in [3.8, 4) is 0 Å². The van der Waals surface area contributed by atoms with Gasteiger partial charge < -0.3 is 4.74 Å². The van der Waals surface area contributed by atoms with Crippen LogP contribution in [0.15, 0.2) is 16.6 Å². The lowest BCUT2D eigenvalue weighted by molar-refractivity contribution is 0.157. The average Bonchev–Trinajstić information content (AvgIpc) is 2.61. The summed E-state index contributed by atoms with van der Waals surface area (Å²) in [5.41, 5.74) is 1.25. The monoisotopic (exact) mass is 411 g/mol. The summed E-state index contributed by atoms with van der Waals surface area (Å²) in [5.74, 6) is -0.0408. The van der Waals surface area contributed by atoms with Crippen molar-refractivity contribution >= 4 is 51.3 Å². The van der Waals surface area contributed by atoms with Gasteiger partial charge in [0.1, 0.15) is 6.73 Å². The molecule has 1 aliphatic heterocycles. The fraction of sp³-hybridized carbons (Fsp3) is 0.538. The fourth-order valence-corrected chi connectivity index (χ4v) is 5.33. The number of anilines is 1. The van der Waals surface area contributed by atoms with Crippen LogP contribution in [0.2, 0.25) is 30.7 Å². The third-order valence-electron chi connectivity index (χ3n) is 3.29. The number of sulfonamides is 1. The largest absolute Gasteiger partial charge is 0.360 e. The third kappa shape index (κ3) is 4.01. The zero-order valence-electron chi connectivity index (χ0n) is 12.3. The molecular formula is C13H19BrClNO3SSi. The molecule has 0 aliphatic carbocycles. The molecule has 1 heterocycles. The number of hydrogen-bond acceptors (Lipinski definition) is 3. The van der Waals surface area contributed by atoms with Crippen molar-refractivity contribution < 1.29 is 13.2 Å². The molecule has 8 heteroatoms. The Kier molecular flexibility index (Phi) is 5.10. The summed E-state index contributed by atoms with van der Waals surface area (Å²) >= 11 is 9.56. The second-order valence-corrected chi connectivity index (χ2v) is 15.1. The van der Waals surface area contributed by atoms with E-state index >= 15 is 0 Å². The molecule has 0 amide bonds. The van der Waals surface area contributed by atoms with Crippen molar-refractivity contribution in [3.05, 3.63) is 27.2 Å². The number of rotatable bonds is 5. The van der Waals surface area contributed by atoms with Crippen LogP contribution >= 0.6 is 27.5 Å². The van der Waals surface area contributed by atoms with E-state index in [0.717, 1.165) is 10.5 Å². The molecule has 0 N–H and O–H groups in total. The number of halogens is 2. The molecule has 118 valence electrons. The van der Waals surface area contributed by atoms with Gasteiger partial charge in [-0.2, -0.15) is 0 Å². The highest BCUT2D eigenvalue weighted by Crippen LogP contribution is 2.42. The number of ether oxygens (including phenoxy) is 1. The number of nitrogens with zero attached hydrogens (tertiary/aromatic N) is 1. The second-order valence-electron chi connectivity index (χ2n) is 6.31. The van der Waals surface area contributed by atoms with Gasteiger partial charge in [0, 0.05) is 24.7 Å². The highest BCUT2D eigenvalue weighted by molar-refractivity contribution is 9.10. The number of benzene rings is 1. The molecule has 4 nitrogen and oxygen atoms in total. The zero-order chi connectivity index (χ0) is 15.8. The van der Waals surface area contributed by atoms with Gasteiger partial charge in [-0.3, -0.25) is 0 Å². The molecule has 0 aromatic heterocycles. The molecule has 0 saturated heterocycles. The van der Waals surface area contributed by atoms with Crippen LogP contribution in [0.1, 0.15) is 5.56 Å². The molecule has 0 unspecified atom stereocenters. The van der Waals surface area contributed by atoms with E-state index < -0.39 is 18.1 Å². The normalized spacial score (nSPS) is 17.1. The lowest BCUT2D eigenvalue weighted by atomic mass is 10.2. The minimum atomic E-state index is -3.40. The molecule has 0 bridgehead atoms. The van der Waals surface area contributed by atoms with Crippen molar-refractivity contribution in [2.24, 2.45) is 0 Å². The van der Waals surface area contributed by atoms with Gasteiger partial charge in [0.25, 0.3) is 0 Å². The quantitative estimate of drug-likeness (QED) is 0.541. The predicted molar refractivity (Wildman–Crippen MR) is 93.2 cm³/mol. The second kappa shape index (κ2) is 6.20. The van der Waals surface area contributed by atoms with Crippen LogP contribution in [0.4, 0.5) is 5.69 Å². The van der Waals surface area contributed by atoms with Crippen LogP contribution in [-0.4, -0.2) is 29.8 Å². The molecule has 1 aliphatic rings. The van der Waals surface area contributed by atoms with Crippen molar-refractivity contribution in [2.45, 2.75) is 31.4 Å².